The van der Waals surface area contributed by atoms with Gasteiger partial charge in [-0.1, -0.05) is 6.04 Å². The van der Waals surface area contributed by atoms with E-state index in [1.54, 1.807) is 0 Å². The average molecular weight is 207 g/mol. The van der Waals surface area contributed by atoms with Gasteiger partial charge in [0.05, 0.1) is 4.11 Å². The minimum Gasteiger partial charge on any atom is -0.454 e. The molecule has 1 aliphatic heterocycles. The zero-order chi connectivity index (χ0) is 22.1. The Labute approximate surface area is 104 Å². The molecule has 0 spiro atoms. The number of rotatable bonds is 3. The van der Waals surface area contributed by atoms with Gasteiger partial charge in [0, 0.05) is 18.4 Å². The van der Waals surface area contributed by atoms with Crippen molar-refractivity contribution in [1.82, 2.24) is 5.32 Å². The standard InChI is InChI=1S/C11H15NO2/c1-8(12-2)5-9-3-4-10-11(6-9)14-7-13-10/h3-4,6,8,12H,5,7H2,1-2H3/i1D3,2D3,3D,4D,5D2,6D,7D2,8D. The maximum atomic E-state index is 8.19. The summed E-state index contributed by atoms with van der Waals surface area (Å²) in [5, 5.41) is 1.42. The molecular weight excluding hydrogens is 178 g/mol. The molecule has 0 bridgehead atoms. The molecule has 3 nitrogen and oxygen atoms in total. The molecule has 0 amide bonds. The fraction of sp³-hybridized carbons (Fsp3) is 0.455. The second-order valence-electron chi connectivity index (χ2n) is 2.32. The van der Waals surface area contributed by atoms with Gasteiger partial charge in [-0.05, 0) is 37.8 Å². The minimum atomic E-state index is -3.59. The van der Waals surface area contributed by atoms with Crippen molar-refractivity contribution in [3.8, 4) is 11.5 Å². The Balaban J connectivity index is 2.80. The summed E-state index contributed by atoms with van der Waals surface area (Å²) in [6.45, 7) is -9.67. The van der Waals surface area contributed by atoms with Crippen LogP contribution in [-0.2, 0) is 6.37 Å². The number of benzene rings is 1. The molecule has 2 rings (SSSR count). The van der Waals surface area contributed by atoms with Crippen LogP contribution < -0.4 is 14.8 Å². The first-order valence-corrected chi connectivity index (χ1v) is 3.57. The van der Waals surface area contributed by atoms with Crippen LogP contribution in [0.5, 0.6) is 11.5 Å². The van der Waals surface area contributed by atoms with Crippen molar-refractivity contribution in [2.24, 2.45) is 0 Å². The van der Waals surface area contributed by atoms with Crippen LogP contribution >= 0.6 is 0 Å². The molecule has 3 heteroatoms. The van der Waals surface area contributed by atoms with Crippen molar-refractivity contribution in [3.63, 3.8) is 0 Å². The Bertz CT molecular complexity index is 800. The summed E-state index contributed by atoms with van der Waals surface area (Å²) in [5.74, 6) is -1.42. The predicted molar refractivity (Wildman–Crippen MR) is 54.8 cm³/mol. The summed E-state index contributed by atoms with van der Waals surface area (Å²) in [4.78, 5) is 0. The lowest BCUT2D eigenvalue weighted by Crippen LogP contribution is -2.23. The van der Waals surface area contributed by atoms with Crippen molar-refractivity contribution in [3.05, 3.63) is 23.7 Å². The Kier molecular flexibility index (Phi) is 0.637. The number of ether oxygens (including phenoxy) is 2. The van der Waals surface area contributed by atoms with E-state index in [0.717, 1.165) is 0 Å². The predicted octanol–water partition coefficient (Wildman–Crippen LogP) is 1.57. The number of fused-ring (bicyclic) bond motifs is 1. The van der Waals surface area contributed by atoms with E-state index in [2.05, 4.69) is 4.74 Å². The second kappa shape index (κ2) is 3.88. The lowest BCUT2D eigenvalue weighted by molar-refractivity contribution is 0.174. The van der Waals surface area contributed by atoms with Gasteiger partial charge in [0.15, 0.2) is 11.5 Å². The van der Waals surface area contributed by atoms with Gasteiger partial charge in [-0.15, -0.1) is 0 Å². The lowest BCUT2D eigenvalue weighted by atomic mass is 10.1. The van der Waals surface area contributed by atoms with Crippen LogP contribution in [-0.4, -0.2) is 19.7 Å². The number of nitrogens with one attached hydrogen (secondary N) is 1. The van der Waals surface area contributed by atoms with Crippen LogP contribution in [0.3, 0.4) is 0 Å². The van der Waals surface area contributed by atoms with Crippen LogP contribution in [0.4, 0.5) is 0 Å². The highest BCUT2D eigenvalue weighted by Gasteiger charge is 2.13. The molecule has 0 aromatic heterocycles. The fourth-order valence-corrected chi connectivity index (χ4v) is 0.844. The van der Waals surface area contributed by atoms with Gasteiger partial charge >= 0.3 is 0 Å². The van der Waals surface area contributed by atoms with Crippen molar-refractivity contribution in [2.75, 3.05) is 13.7 Å². The molecule has 0 radical (unpaired) electrons. The van der Waals surface area contributed by atoms with Crippen molar-refractivity contribution < 1.29 is 28.7 Å². The van der Waals surface area contributed by atoms with Gasteiger partial charge in [-0.25, -0.2) is 0 Å². The van der Waals surface area contributed by atoms with E-state index < -0.39 is 68.2 Å². The summed E-state index contributed by atoms with van der Waals surface area (Å²) >= 11 is 0. The zero-order valence-electron chi connectivity index (χ0n) is 20.8. The fourth-order valence-electron chi connectivity index (χ4n) is 0.844. The van der Waals surface area contributed by atoms with Gasteiger partial charge in [-0.2, -0.15) is 0 Å². The highest BCUT2D eigenvalue weighted by Crippen LogP contribution is 2.32. The molecule has 1 N–H and O–H groups in total. The maximum Gasteiger partial charge on any atom is 0.231 e. The molecule has 1 aromatic rings. The molecule has 0 fully saturated rings. The molecule has 1 unspecified atom stereocenters. The first-order chi connectivity index (χ1) is 12.3. The van der Waals surface area contributed by atoms with Crippen molar-refractivity contribution in [2.45, 2.75) is 19.2 Å². The van der Waals surface area contributed by atoms with Crippen LogP contribution in [0.25, 0.3) is 0 Å². The first kappa shape index (κ1) is 2.30. The summed E-state index contributed by atoms with van der Waals surface area (Å²) in [6.07, 6.45) is -3.52. The van der Waals surface area contributed by atoms with E-state index in [1.165, 1.54) is 5.32 Å². The first-order valence-electron chi connectivity index (χ1n) is 10.6. The summed E-state index contributed by atoms with van der Waals surface area (Å²) in [5.41, 5.74) is -1.12. The van der Waals surface area contributed by atoms with Gasteiger partial charge in [0.2, 0.25) is 6.75 Å². The van der Waals surface area contributed by atoms with E-state index in [9.17, 15) is 0 Å². The van der Waals surface area contributed by atoms with E-state index >= 15 is 0 Å². The zero-order valence-corrected chi connectivity index (χ0v) is 6.82. The maximum absolute atomic E-state index is 8.19. The molecule has 1 heterocycles. The second-order valence-corrected chi connectivity index (χ2v) is 2.32. The van der Waals surface area contributed by atoms with Gasteiger partial charge in [-0.3, -0.25) is 0 Å². The van der Waals surface area contributed by atoms with E-state index in [1.807, 2.05) is 0 Å². The van der Waals surface area contributed by atoms with Crippen molar-refractivity contribution in [1.29, 1.82) is 0 Å². The summed E-state index contributed by atoms with van der Waals surface area (Å²) in [6, 6.07) is -6.57. The molecule has 0 saturated carbocycles. The van der Waals surface area contributed by atoms with Crippen LogP contribution in [0.2, 0.25) is 0 Å². The molecule has 14 heavy (non-hydrogen) atoms. The van der Waals surface area contributed by atoms with Crippen LogP contribution in [0, 0.1) is 0 Å². The van der Waals surface area contributed by atoms with E-state index in [4.69, 9.17) is 23.9 Å². The smallest absolute Gasteiger partial charge is 0.231 e. The SMILES string of the molecule is [2H]c1c([2H])c(C([2H])([2H])C([2H])(NC([2H])([2H])[2H])C([2H])([2H])[2H])c([2H])c2c1OC([2H])([2H])O2. The lowest BCUT2D eigenvalue weighted by Gasteiger charge is -2.09. The normalized spacial score (nSPS) is 38.9. The number of likely N-dealkylation sites (N-methyl/N-ethyl adjacent to an activating group) is 1. The molecule has 0 aliphatic carbocycles. The molecule has 1 aliphatic rings. The minimum absolute atomic E-state index is 0.659. The summed E-state index contributed by atoms with van der Waals surface area (Å²) < 4.78 is 117. The Morgan fingerprint density at radius 2 is 2.71 bits per heavy atom. The quantitative estimate of drug-likeness (QED) is 0.816. The van der Waals surface area contributed by atoms with Crippen LogP contribution in [0.1, 0.15) is 31.6 Å². The van der Waals surface area contributed by atoms with Crippen molar-refractivity contribution >= 4 is 0 Å². The monoisotopic (exact) mass is 207 g/mol. The average Bonchev–Trinajstić information content (AvgIpc) is 2.78. The highest BCUT2D eigenvalue weighted by molar-refractivity contribution is 5.44. The third kappa shape index (κ3) is 1.82. The number of hydrogen-bond acceptors (Lipinski definition) is 3. The Hall–Kier alpha value is -1.22. The third-order valence-corrected chi connectivity index (χ3v) is 1.41. The molecule has 0 saturated heterocycles. The molecule has 76 valence electrons. The molecule has 1 aromatic carbocycles. The highest BCUT2D eigenvalue weighted by atomic mass is 16.7. The summed E-state index contributed by atoms with van der Waals surface area (Å²) in [7, 11) is 0. The van der Waals surface area contributed by atoms with Gasteiger partial charge in [0.1, 0.15) is 2.74 Å². The molecular formula is C11H15NO2. The Morgan fingerprint density at radius 1 is 1.79 bits per heavy atom. The molecule has 1 atom stereocenters. The van der Waals surface area contributed by atoms with E-state index in [-0.39, 0.29) is 0 Å². The van der Waals surface area contributed by atoms with Crippen LogP contribution in [0.15, 0.2) is 18.1 Å². The van der Waals surface area contributed by atoms with Gasteiger partial charge in [0.25, 0.3) is 0 Å². The third-order valence-electron chi connectivity index (χ3n) is 1.41. The Morgan fingerprint density at radius 3 is 3.57 bits per heavy atom. The largest absolute Gasteiger partial charge is 0.454 e. The van der Waals surface area contributed by atoms with E-state index in [0.29, 0.717) is 0 Å². The number of hydrogen-bond donors (Lipinski definition) is 1. The van der Waals surface area contributed by atoms with Gasteiger partial charge < -0.3 is 14.8 Å². The topological polar surface area (TPSA) is 30.5 Å².